The average molecular weight is 211 g/mol. The van der Waals surface area contributed by atoms with Gasteiger partial charge in [0.1, 0.15) is 5.83 Å². The Morgan fingerprint density at radius 3 is 2.53 bits per heavy atom. The highest BCUT2D eigenvalue weighted by Gasteiger charge is 2.07. The van der Waals surface area contributed by atoms with Gasteiger partial charge in [-0.05, 0) is 0 Å². The molecule has 82 valence electrons. The van der Waals surface area contributed by atoms with Crippen LogP contribution in [0.3, 0.4) is 0 Å². The summed E-state index contributed by atoms with van der Waals surface area (Å²) < 4.78 is 13.2. The maximum Gasteiger partial charge on any atom is 0.245 e. The largest absolute Gasteiger partial charge is 0.402 e. The lowest BCUT2D eigenvalue weighted by Gasteiger charge is -2.04. The van der Waals surface area contributed by atoms with Gasteiger partial charge in [-0.15, -0.1) is 0 Å². The molecule has 0 saturated heterocycles. The number of halogens is 1. The number of nitrogens with one attached hydrogen (secondary N) is 1. The van der Waals surface area contributed by atoms with Gasteiger partial charge in [0.2, 0.25) is 5.91 Å². The number of allylic oxidation sites excluding steroid dienone is 3. The van der Waals surface area contributed by atoms with Crippen molar-refractivity contribution in [1.29, 1.82) is 0 Å². The van der Waals surface area contributed by atoms with Gasteiger partial charge < -0.3 is 16.8 Å². The summed E-state index contributed by atoms with van der Waals surface area (Å²) in [4.78, 5) is 10.9. The van der Waals surface area contributed by atoms with Crippen LogP contribution in [0.1, 0.15) is 0 Å². The van der Waals surface area contributed by atoms with Gasteiger partial charge in [-0.25, -0.2) is 4.39 Å². The minimum Gasteiger partial charge on any atom is -0.402 e. The van der Waals surface area contributed by atoms with Crippen LogP contribution in [0.5, 0.6) is 0 Å². The third-order valence-electron chi connectivity index (χ3n) is 1.53. The summed E-state index contributed by atoms with van der Waals surface area (Å²) in [5.74, 6) is -1.14. The van der Waals surface area contributed by atoms with Crippen molar-refractivity contribution in [2.75, 3.05) is 7.05 Å². The molecule has 0 aromatic rings. The minimum atomic E-state index is -0.715. The molecule has 0 radical (unpaired) electrons. The SMILES string of the molecule is C=C/C=C(C(/N)=C/C(=O)NC)\C(F)=C/N. The van der Waals surface area contributed by atoms with E-state index in [2.05, 4.69) is 11.9 Å². The molecule has 0 aromatic heterocycles. The van der Waals surface area contributed by atoms with Gasteiger partial charge in [0, 0.05) is 30.6 Å². The van der Waals surface area contributed by atoms with Gasteiger partial charge in [-0.2, -0.15) is 0 Å². The summed E-state index contributed by atoms with van der Waals surface area (Å²) in [5.41, 5.74) is 10.5. The molecule has 0 saturated carbocycles. The summed E-state index contributed by atoms with van der Waals surface area (Å²) in [6.07, 6.45) is 4.51. The van der Waals surface area contributed by atoms with Crippen LogP contribution in [0.25, 0.3) is 0 Å². The van der Waals surface area contributed by atoms with Crippen LogP contribution in [0, 0.1) is 0 Å². The number of carbonyl (C=O) groups is 1. The molecule has 0 aromatic carbocycles. The Hall–Kier alpha value is -2.04. The lowest BCUT2D eigenvalue weighted by Crippen LogP contribution is -2.17. The fourth-order valence-corrected chi connectivity index (χ4v) is 0.813. The van der Waals surface area contributed by atoms with Crippen LogP contribution in [-0.4, -0.2) is 13.0 Å². The van der Waals surface area contributed by atoms with Gasteiger partial charge in [0.15, 0.2) is 0 Å². The lowest BCUT2D eigenvalue weighted by molar-refractivity contribution is -0.116. The van der Waals surface area contributed by atoms with Gasteiger partial charge in [-0.3, -0.25) is 4.79 Å². The smallest absolute Gasteiger partial charge is 0.245 e. The highest BCUT2D eigenvalue weighted by atomic mass is 19.1. The molecular weight excluding hydrogens is 197 g/mol. The first-order chi connectivity index (χ1) is 7.06. The molecule has 0 heterocycles. The number of hydrogen-bond donors (Lipinski definition) is 3. The van der Waals surface area contributed by atoms with Gasteiger partial charge in [0.25, 0.3) is 0 Å². The Bertz CT molecular complexity index is 343. The Balaban J connectivity index is 5.12. The summed E-state index contributed by atoms with van der Waals surface area (Å²) >= 11 is 0. The minimum absolute atomic E-state index is 0.0200. The maximum absolute atomic E-state index is 13.2. The molecule has 0 aliphatic rings. The maximum atomic E-state index is 13.2. The quantitative estimate of drug-likeness (QED) is 0.466. The monoisotopic (exact) mass is 211 g/mol. The van der Waals surface area contributed by atoms with E-state index in [1.165, 1.54) is 19.2 Å². The number of likely N-dealkylation sites (N-methyl/N-ethyl adjacent to an activating group) is 1. The fraction of sp³-hybridized carbons (Fsp3) is 0.100. The van der Waals surface area contributed by atoms with Gasteiger partial charge >= 0.3 is 0 Å². The molecular formula is C10H14FN3O. The molecule has 0 aliphatic heterocycles. The van der Waals surface area contributed by atoms with E-state index in [9.17, 15) is 9.18 Å². The van der Waals surface area contributed by atoms with E-state index in [-0.39, 0.29) is 11.3 Å². The van der Waals surface area contributed by atoms with E-state index in [1.807, 2.05) is 0 Å². The van der Waals surface area contributed by atoms with E-state index < -0.39 is 11.7 Å². The highest BCUT2D eigenvalue weighted by molar-refractivity contribution is 5.88. The number of hydrogen-bond acceptors (Lipinski definition) is 3. The zero-order valence-corrected chi connectivity index (χ0v) is 8.46. The van der Waals surface area contributed by atoms with Crippen molar-refractivity contribution in [3.8, 4) is 0 Å². The molecule has 15 heavy (non-hydrogen) atoms. The second kappa shape index (κ2) is 6.42. The van der Waals surface area contributed by atoms with Crippen molar-refractivity contribution in [2.24, 2.45) is 11.5 Å². The number of rotatable bonds is 4. The third-order valence-corrected chi connectivity index (χ3v) is 1.53. The Kier molecular flexibility index (Phi) is 5.55. The molecule has 0 spiro atoms. The average Bonchev–Trinajstić information content (AvgIpc) is 2.24. The van der Waals surface area contributed by atoms with Crippen LogP contribution in [0.2, 0.25) is 0 Å². The first-order valence-corrected chi connectivity index (χ1v) is 4.16. The summed E-state index contributed by atoms with van der Waals surface area (Å²) in [5, 5.41) is 2.33. The Morgan fingerprint density at radius 2 is 2.13 bits per heavy atom. The van der Waals surface area contributed by atoms with E-state index in [0.717, 1.165) is 12.3 Å². The first-order valence-electron chi connectivity index (χ1n) is 4.16. The molecule has 5 N–H and O–H groups in total. The fourth-order valence-electron chi connectivity index (χ4n) is 0.813. The lowest BCUT2D eigenvalue weighted by atomic mass is 10.1. The molecule has 0 unspecified atom stereocenters. The van der Waals surface area contributed by atoms with Crippen molar-refractivity contribution >= 4 is 5.91 Å². The van der Waals surface area contributed by atoms with Gasteiger partial charge in [0.05, 0.1) is 0 Å². The van der Waals surface area contributed by atoms with Crippen molar-refractivity contribution in [3.05, 3.63) is 48.1 Å². The molecule has 0 atom stereocenters. The van der Waals surface area contributed by atoms with Crippen molar-refractivity contribution in [1.82, 2.24) is 5.32 Å². The second-order valence-corrected chi connectivity index (χ2v) is 2.54. The van der Waals surface area contributed by atoms with Crippen LogP contribution in [0.15, 0.2) is 48.1 Å². The normalized spacial score (nSPS) is 13.6. The Labute approximate surface area is 87.8 Å². The molecule has 4 nitrogen and oxygen atoms in total. The first kappa shape index (κ1) is 13.0. The van der Waals surface area contributed by atoms with Crippen LogP contribution < -0.4 is 16.8 Å². The van der Waals surface area contributed by atoms with Crippen LogP contribution in [-0.2, 0) is 4.79 Å². The summed E-state index contributed by atoms with van der Waals surface area (Å²) in [7, 11) is 1.44. The number of amides is 1. The van der Waals surface area contributed by atoms with Crippen molar-refractivity contribution in [2.45, 2.75) is 0 Å². The Morgan fingerprint density at radius 1 is 1.53 bits per heavy atom. The second-order valence-electron chi connectivity index (χ2n) is 2.54. The summed E-state index contributed by atoms with van der Waals surface area (Å²) in [6, 6.07) is 0. The molecule has 0 bridgehead atoms. The predicted octanol–water partition coefficient (Wildman–Crippen LogP) is 0.457. The molecule has 1 amide bonds. The standard InChI is InChI=1S/C10H14FN3O/c1-3-4-7(8(11)6-12)9(13)5-10(15)14-2/h3-6H,1,12-13H2,2H3,(H,14,15)/b7-4+,8-6+,9-5-. The number of carbonyl (C=O) groups excluding carboxylic acids is 1. The van der Waals surface area contributed by atoms with E-state index in [4.69, 9.17) is 11.5 Å². The van der Waals surface area contributed by atoms with E-state index in [0.29, 0.717) is 0 Å². The molecule has 0 aliphatic carbocycles. The molecule has 0 fully saturated rings. The zero-order valence-electron chi connectivity index (χ0n) is 8.46. The van der Waals surface area contributed by atoms with E-state index >= 15 is 0 Å². The predicted molar refractivity (Wildman–Crippen MR) is 58.0 cm³/mol. The zero-order chi connectivity index (χ0) is 11.8. The van der Waals surface area contributed by atoms with Crippen molar-refractivity contribution < 1.29 is 9.18 Å². The summed E-state index contributed by atoms with van der Waals surface area (Å²) in [6.45, 7) is 3.40. The number of nitrogens with two attached hydrogens (primary N) is 2. The van der Waals surface area contributed by atoms with Crippen LogP contribution >= 0.6 is 0 Å². The topological polar surface area (TPSA) is 81.1 Å². The molecule has 0 rings (SSSR count). The highest BCUT2D eigenvalue weighted by Crippen LogP contribution is 2.16. The van der Waals surface area contributed by atoms with E-state index in [1.54, 1.807) is 0 Å². The van der Waals surface area contributed by atoms with Gasteiger partial charge in [-0.1, -0.05) is 18.7 Å². The van der Waals surface area contributed by atoms with Crippen molar-refractivity contribution in [3.63, 3.8) is 0 Å². The molecule has 5 heteroatoms. The third kappa shape index (κ3) is 4.12. The van der Waals surface area contributed by atoms with Crippen LogP contribution in [0.4, 0.5) is 4.39 Å².